The van der Waals surface area contributed by atoms with Crippen LogP contribution in [0.1, 0.15) is 58.0 Å². The van der Waals surface area contributed by atoms with Gasteiger partial charge < -0.3 is 10.3 Å². The van der Waals surface area contributed by atoms with Crippen LogP contribution in [0.2, 0.25) is 0 Å². The van der Waals surface area contributed by atoms with Gasteiger partial charge in [-0.3, -0.25) is 0 Å². The lowest BCUT2D eigenvalue weighted by molar-refractivity contribution is 0.362. The molecule has 0 fully saturated rings. The molecule has 0 amide bonds. The fourth-order valence-electron chi connectivity index (χ4n) is 2.65. The van der Waals surface area contributed by atoms with Gasteiger partial charge in [0.25, 0.3) is 0 Å². The van der Waals surface area contributed by atoms with Crippen molar-refractivity contribution in [2.75, 3.05) is 0 Å². The number of nitrogens with zero attached hydrogens (tertiary/aromatic N) is 2. The molecule has 3 nitrogen and oxygen atoms in total. The number of hydrogen-bond donors (Lipinski definition) is 1. The standard InChI is InChI=1S/C16H25N3/c1-6-16(17,7-2)15-18-13-10-12(5)8-9-14(13)19(15)11(3)4/h8-11H,6-7,17H2,1-5H3. The van der Waals surface area contributed by atoms with Gasteiger partial charge in [0.1, 0.15) is 5.82 Å². The van der Waals surface area contributed by atoms with Gasteiger partial charge in [0.15, 0.2) is 0 Å². The van der Waals surface area contributed by atoms with E-state index in [2.05, 4.69) is 57.4 Å². The van der Waals surface area contributed by atoms with Crippen molar-refractivity contribution >= 4 is 11.0 Å². The van der Waals surface area contributed by atoms with Crippen LogP contribution in [0.3, 0.4) is 0 Å². The molecule has 1 aromatic heterocycles. The van der Waals surface area contributed by atoms with Crippen LogP contribution in [0.4, 0.5) is 0 Å². The first-order valence-electron chi connectivity index (χ1n) is 7.21. The van der Waals surface area contributed by atoms with Crippen molar-refractivity contribution in [2.24, 2.45) is 5.73 Å². The average Bonchev–Trinajstić information content (AvgIpc) is 2.76. The highest BCUT2D eigenvalue weighted by Gasteiger charge is 2.30. The van der Waals surface area contributed by atoms with Crippen LogP contribution < -0.4 is 5.73 Å². The van der Waals surface area contributed by atoms with Crippen LogP contribution in [0.15, 0.2) is 18.2 Å². The molecule has 1 aromatic carbocycles. The summed E-state index contributed by atoms with van der Waals surface area (Å²) in [4.78, 5) is 4.85. The third kappa shape index (κ3) is 2.27. The third-order valence-corrected chi connectivity index (χ3v) is 4.07. The molecular weight excluding hydrogens is 234 g/mol. The molecule has 0 aliphatic heterocycles. The van der Waals surface area contributed by atoms with E-state index in [-0.39, 0.29) is 5.54 Å². The van der Waals surface area contributed by atoms with Crippen molar-refractivity contribution in [3.8, 4) is 0 Å². The molecule has 2 aromatic rings. The largest absolute Gasteiger partial charge is 0.324 e. The molecule has 104 valence electrons. The molecular formula is C16H25N3. The summed E-state index contributed by atoms with van der Waals surface area (Å²) >= 11 is 0. The van der Waals surface area contributed by atoms with Crippen molar-refractivity contribution in [1.29, 1.82) is 0 Å². The molecule has 3 heteroatoms. The minimum Gasteiger partial charge on any atom is -0.324 e. The van der Waals surface area contributed by atoms with E-state index in [1.807, 2.05) is 0 Å². The Bertz CT molecular complexity index is 577. The van der Waals surface area contributed by atoms with Crippen LogP contribution in [0, 0.1) is 6.92 Å². The lowest BCUT2D eigenvalue weighted by Gasteiger charge is -2.28. The zero-order valence-electron chi connectivity index (χ0n) is 12.7. The minimum atomic E-state index is -0.336. The first-order valence-corrected chi connectivity index (χ1v) is 7.21. The van der Waals surface area contributed by atoms with Gasteiger partial charge in [-0.15, -0.1) is 0 Å². The van der Waals surface area contributed by atoms with E-state index in [0.29, 0.717) is 6.04 Å². The summed E-state index contributed by atoms with van der Waals surface area (Å²) in [6, 6.07) is 6.81. The lowest BCUT2D eigenvalue weighted by atomic mass is 9.93. The maximum atomic E-state index is 6.58. The average molecular weight is 259 g/mol. The maximum absolute atomic E-state index is 6.58. The number of aromatic nitrogens is 2. The smallest absolute Gasteiger partial charge is 0.130 e. The third-order valence-electron chi connectivity index (χ3n) is 4.07. The Labute approximate surface area is 115 Å². The highest BCUT2D eigenvalue weighted by Crippen LogP contribution is 2.31. The topological polar surface area (TPSA) is 43.8 Å². The van der Waals surface area contributed by atoms with Gasteiger partial charge in [0.05, 0.1) is 16.6 Å². The lowest BCUT2D eigenvalue weighted by Crippen LogP contribution is -2.38. The second-order valence-corrected chi connectivity index (χ2v) is 5.75. The number of nitrogens with two attached hydrogens (primary N) is 1. The van der Waals surface area contributed by atoms with Crippen LogP contribution in [0.25, 0.3) is 11.0 Å². The summed E-state index contributed by atoms with van der Waals surface area (Å²) in [5.74, 6) is 1.02. The fraction of sp³-hybridized carbons (Fsp3) is 0.562. The monoisotopic (exact) mass is 259 g/mol. The van der Waals surface area contributed by atoms with E-state index in [1.165, 1.54) is 11.1 Å². The number of benzene rings is 1. The zero-order chi connectivity index (χ0) is 14.2. The summed E-state index contributed by atoms with van der Waals surface area (Å²) in [6.45, 7) is 10.8. The van der Waals surface area contributed by atoms with E-state index in [0.717, 1.165) is 24.2 Å². The quantitative estimate of drug-likeness (QED) is 0.905. The van der Waals surface area contributed by atoms with Gasteiger partial charge in [-0.05, 0) is 51.3 Å². The summed E-state index contributed by atoms with van der Waals surface area (Å²) in [5.41, 5.74) is 9.72. The Balaban J connectivity index is 2.76. The van der Waals surface area contributed by atoms with Crippen LogP contribution >= 0.6 is 0 Å². The Morgan fingerprint density at radius 1 is 1.26 bits per heavy atom. The Morgan fingerprint density at radius 3 is 2.42 bits per heavy atom. The Kier molecular flexibility index (Phi) is 3.68. The van der Waals surface area contributed by atoms with Crippen LogP contribution in [-0.2, 0) is 5.54 Å². The van der Waals surface area contributed by atoms with Crippen molar-refractivity contribution in [3.63, 3.8) is 0 Å². The summed E-state index contributed by atoms with van der Waals surface area (Å²) < 4.78 is 2.29. The molecule has 1 heterocycles. The van der Waals surface area contributed by atoms with E-state index in [1.54, 1.807) is 0 Å². The molecule has 2 rings (SSSR count). The first-order chi connectivity index (χ1) is 8.92. The van der Waals surface area contributed by atoms with Crippen molar-refractivity contribution in [3.05, 3.63) is 29.6 Å². The molecule has 2 N–H and O–H groups in total. The molecule has 0 atom stereocenters. The molecule has 0 bridgehead atoms. The van der Waals surface area contributed by atoms with Crippen molar-refractivity contribution < 1.29 is 0 Å². The van der Waals surface area contributed by atoms with Crippen molar-refractivity contribution in [2.45, 2.75) is 59.0 Å². The van der Waals surface area contributed by atoms with Crippen molar-refractivity contribution in [1.82, 2.24) is 9.55 Å². The predicted octanol–water partition coefficient (Wildman–Crippen LogP) is 3.90. The molecule has 0 radical (unpaired) electrons. The molecule has 0 aliphatic carbocycles. The van der Waals surface area contributed by atoms with Gasteiger partial charge in [0.2, 0.25) is 0 Å². The SMILES string of the molecule is CCC(N)(CC)c1nc2cc(C)ccc2n1C(C)C. The second kappa shape index (κ2) is 4.97. The highest BCUT2D eigenvalue weighted by atomic mass is 15.1. The Hall–Kier alpha value is -1.35. The second-order valence-electron chi connectivity index (χ2n) is 5.75. The van der Waals surface area contributed by atoms with Crippen LogP contribution in [0.5, 0.6) is 0 Å². The maximum Gasteiger partial charge on any atom is 0.130 e. The predicted molar refractivity (Wildman–Crippen MR) is 81.3 cm³/mol. The summed E-state index contributed by atoms with van der Waals surface area (Å²) in [5, 5.41) is 0. The summed E-state index contributed by atoms with van der Waals surface area (Å²) in [7, 11) is 0. The van der Waals surface area contributed by atoms with Gasteiger partial charge in [-0.2, -0.15) is 0 Å². The van der Waals surface area contributed by atoms with Gasteiger partial charge in [-0.1, -0.05) is 19.9 Å². The number of aryl methyl sites for hydroxylation is 1. The number of hydrogen-bond acceptors (Lipinski definition) is 2. The zero-order valence-corrected chi connectivity index (χ0v) is 12.7. The molecule has 0 saturated heterocycles. The molecule has 19 heavy (non-hydrogen) atoms. The molecule has 0 aliphatic rings. The number of rotatable bonds is 4. The van der Waals surface area contributed by atoms with Gasteiger partial charge in [0, 0.05) is 6.04 Å². The normalized spacial score (nSPS) is 12.6. The first kappa shape index (κ1) is 14.1. The molecule has 0 saturated carbocycles. The molecule has 0 spiro atoms. The van der Waals surface area contributed by atoms with Gasteiger partial charge in [-0.25, -0.2) is 4.98 Å². The minimum absolute atomic E-state index is 0.336. The summed E-state index contributed by atoms with van der Waals surface area (Å²) in [6.07, 6.45) is 1.80. The van der Waals surface area contributed by atoms with Gasteiger partial charge >= 0.3 is 0 Å². The molecule has 0 unspecified atom stereocenters. The van der Waals surface area contributed by atoms with E-state index in [9.17, 15) is 0 Å². The van der Waals surface area contributed by atoms with Crippen LogP contribution in [-0.4, -0.2) is 9.55 Å². The highest BCUT2D eigenvalue weighted by molar-refractivity contribution is 5.77. The van der Waals surface area contributed by atoms with E-state index < -0.39 is 0 Å². The Morgan fingerprint density at radius 2 is 1.89 bits per heavy atom. The fourth-order valence-corrected chi connectivity index (χ4v) is 2.65. The van der Waals surface area contributed by atoms with E-state index >= 15 is 0 Å². The van der Waals surface area contributed by atoms with E-state index in [4.69, 9.17) is 10.7 Å². The number of imidazole rings is 1. The number of fused-ring (bicyclic) bond motifs is 1.